The van der Waals surface area contributed by atoms with E-state index >= 15 is 0 Å². The largest absolute Gasteiger partial charge is 0.495 e. The zero-order valence-corrected chi connectivity index (χ0v) is 15.0. The molecule has 0 aliphatic carbocycles. The van der Waals surface area contributed by atoms with Crippen LogP contribution >= 0.6 is 11.6 Å². The molecule has 0 saturated carbocycles. The maximum absolute atomic E-state index is 12.5. The molecule has 0 unspecified atom stereocenters. The molecule has 0 atom stereocenters. The van der Waals surface area contributed by atoms with Gasteiger partial charge in [-0.25, -0.2) is 13.1 Å². The van der Waals surface area contributed by atoms with E-state index in [2.05, 4.69) is 4.72 Å². The third kappa shape index (κ3) is 4.47. The second-order valence-electron chi connectivity index (χ2n) is 5.36. The Labute approximate surface area is 142 Å². The lowest BCUT2D eigenvalue weighted by Gasteiger charge is -2.13. The van der Waals surface area contributed by atoms with Crippen LogP contribution in [0.4, 0.5) is 0 Å². The summed E-state index contributed by atoms with van der Waals surface area (Å²) in [7, 11) is -2.15. The summed E-state index contributed by atoms with van der Waals surface area (Å²) >= 11 is 5.83. The highest BCUT2D eigenvalue weighted by atomic mass is 35.5. The first kappa shape index (κ1) is 17.8. The summed E-state index contributed by atoms with van der Waals surface area (Å²) < 4.78 is 32.8. The number of halogens is 1. The minimum atomic E-state index is -3.62. The fourth-order valence-electron chi connectivity index (χ4n) is 2.19. The summed E-state index contributed by atoms with van der Waals surface area (Å²) in [6, 6.07) is 10.7. The van der Waals surface area contributed by atoms with Crippen molar-refractivity contribution in [1.29, 1.82) is 0 Å². The van der Waals surface area contributed by atoms with Gasteiger partial charge in [0, 0.05) is 11.6 Å². The summed E-state index contributed by atoms with van der Waals surface area (Å²) in [4.78, 5) is 0.166. The Bertz CT molecular complexity index is 786. The van der Waals surface area contributed by atoms with Crippen molar-refractivity contribution in [1.82, 2.24) is 4.72 Å². The van der Waals surface area contributed by atoms with Gasteiger partial charge in [-0.1, -0.05) is 23.7 Å². The fraction of sp³-hybridized carbons (Fsp3) is 0.294. The monoisotopic (exact) mass is 353 g/mol. The Kier molecular flexibility index (Phi) is 5.68. The SMILES string of the molecule is COc1cc(C)c(C)cc1S(=O)(=O)NCCc1ccc(Cl)cc1. The number of methoxy groups -OCH3 is 1. The van der Waals surface area contributed by atoms with Gasteiger partial charge in [0.1, 0.15) is 10.6 Å². The number of hydrogen-bond donors (Lipinski definition) is 1. The molecule has 2 aromatic rings. The molecule has 2 aromatic carbocycles. The van der Waals surface area contributed by atoms with E-state index in [0.29, 0.717) is 23.7 Å². The van der Waals surface area contributed by atoms with Crippen LogP contribution in [0, 0.1) is 13.8 Å². The predicted octanol–water partition coefficient (Wildman–Crippen LogP) is 3.49. The number of rotatable bonds is 6. The van der Waals surface area contributed by atoms with Crippen LogP contribution in [0.25, 0.3) is 0 Å². The molecule has 0 aromatic heterocycles. The third-order valence-corrected chi connectivity index (χ3v) is 5.42. The number of benzene rings is 2. The van der Waals surface area contributed by atoms with Gasteiger partial charge in [-0.3, -0.25) is 0 Å². The first-order chi connectivity index (χ1) is 10.8. The zero-order valence-electron chi connectivity index (χ0n) is 13.4. The third-order valence-electron chi connectivity index (χ3n) is 3.69. The van der Waals surface area contributed by atoms with Gasteiger partial charge in [-0.05, 0) is 61.2 Å². The summed E-state index contributed by atoms with van der Waals surface area (Å²) in [6.45, 7) is 4.10. The van der Waals surface area contributed by atoms with Gasteiger partial charge in [0.05, 0.1) is 7.11 Å². The number of hydrogen-bond acceptors (Lipinski definition) is 3. The average molecular weight is 354 g/mol. The van der Waals surface area contributed by atoms with Crippen molar-refractivity contribution in [2.75, 3.05) is 13.7 Å². The van der Waals surface area contributed by atoms with Crippen molar-refractivity contribution in [3.05, 3.63) is 58.1 Å². The van der Waals surface area contributed by atoms with Crippen LogP contribution in [-0.2, 0) is 16.4 Å². The Balaban J connectivity index is 2.13. The van der Waals surface area contributed by atoms with Crippen molar-refractivity contribution < 1.29 is 13.2 Å². The predicted molar refractivity (Wildman–Crippen MR) is 92.8 cm³/mol. The quantitative estimate of drug-likeness (QED) is 0.864. The van der Waals surface area contributed by atoms with E-state index in [9.17, 15) is 8.42 Å². The number of nitrogens with one attached hydrogen (secondary N) is 1. The molecule has 4 nitrogen and oxygen atoms in total. The van der Waals surface area contributed by atoms with E-state index in [0.717, 1.165) is 16.7 Å². The molecule has 0 heterocycles. The van der Waals surface area contributed by atoms with Crippen molar-refractivity contribution in [2.45, 2.75) is 25.2 Å². The molecule has 0 fully saturated rings. The van der Waals surface area contributed by atoms with Crippen molar-refractivity contribution in [2.24, 2.45) is 0 Å². The van der Waals surface area contributed by atoms with Crippen LogP contribution in [0.5, 0.6) is 5.75 Å². The van der Waals surface area contributed by atoms with Gasteiger partial charge >= 0.3 is 0 Å². The Morgan fingerprint density at radius 2 is 1.70 bits per heavy atom. The van der Waals surface area contributed by atoms with Gasteiger partial charge in [0.25, 0.3) is 0 Å². The van der Waals surface area contributed by atoms with Crippen molar-refractivity contribution in [3.8, 4) is 5.75 Å². The molecular formula is C17H20ClNO3S. The first-order valence-corrected chi connectivity index (χ1v) is 9.09. The van der Waals surface area contributed by atoms with Crippen LogP contribution in [-0.4, -0.2) is 22.1 Å². The summed E-state index contributed by atoms with van der Waals surface area (Å²) in [5.41, 5.74) is 2.91. The van der Waals surface area contributed by atoms with E-state index < -0.39 is 10.0 Å². The van der Waals surface area contributed by atoms with Crippen LogP contribution in [0.2, 0.25) is 5.02 Å². The summed E-state index contributed by atoms with van der Waals surface area (Å²) in [6.07, 6.45) is 0.587. The zero-order chi connectivity index (χ0) is 17.0. The second-order valence-corrected chi connectivity index (χ2v) is 7.53. The Morgan fingerprint density at radius 1 is 1.09 bits per heavy atom. The fourth-order valence-corrected chi connectivity index (χ4v) is 3.58. The number of sulfonamides is 1. The van der Waals surface area contributed by atoms with Gasteiger partial charge < -0.3 is 4.74 Å². The Morgan fingerprint density at radius 3 is 2.30 bits per heavy atom. The molecule has 6 heteroatoms. The highest BCUT2D eigenvalue weighted by Crippen LogP contribution is 2.27. The molecule has 23 heavy (non-hydrogen) atoms. The topological polar surface area (TPSA) is 55.4 Å². The van der Waals surface area contributed by atoms with Gasteiger partial charge in [0.2, 0.25) is 10.0 Å². The lowest BCUT2D eigenvalue weighted by atomic mass is 10.1. The van der Waals surface area contributed by atoms with Crippen molar-refractivity contribution in [3.63, 3.8) is 0 Å². The van der Waals surface area contributed by atoms with Gasteiger partial charge in [-0.2, -0.15) is 0 Å². The molecule has 0 aliphatic rings. The molecule has 2 rings (SSSR count). The molecule has 1 N–H and O–H groups in total. The van der Waals surface area contributed by atoms with Gasteiger partial charge in [0.15, 0.2) is 0 Å². The lowest BCUT2D eigenvalue weighted by molar-refractivity contribution is 0.402. The van der Waals surface area contributed by atoms with E-state index in [4.69, 9.17) is 16.3 Å². The summed E-state index contributed by atoms with van der Waals surface area (Å²) in [5.74, 6) is 0.354. The van der Waals surface area contributed by atoms with E-state index in [1.165, 1.54) is 7.11 Å². The first-order valence-electron chi connectivity index (χ1n) is 7.23. The van der Waals surface area contributed by atoms with Crippen LogP contribution in [0.1, 0.15) is 16.7 Å². The minimum Gasteiger partial charge on any atom is -0.495 e. The number of ether oxygens (including phenoxy) is 1. The normalized spacial score (nSPS) is 11.5. The molecule has 124 valence electrons. The number of aryl methyl sites for hydroxylation is 2. The molecule has 0 bridgehead atoms. The van der Waals surface area contributed by atoms with E-state index in [1.54, 1.807) is 24.3 Å². The molecular weight excluding hydrogens is 334 g/mol. The highest BCUT2D eigenvalue weighted by molar-refractivity contribution is 7.89. The smallest absolute Gasteiger partial charge is 0.244 e. The molecule has 0 spiro atoms. The van der Waals surface area contributed by atoms with Crippen LogP contribution < -0.4 is 9.46 Å². The van der Waals surface area contributed by atoms with Crippen LogP contribution in [0.15, 0.2) is 41.3 Å². The molecule has 0 aliphatic heterocycles. The highest BCUT2D eigenvalue weighted by Gasteiger charge is 2.20. The minimum absolute atomic E-state index is 0.166. The lowest BCUT2D eigenvalue weighted by Crippen LogP contribution is -2.26. The summed E-state index contributed by atoms with van der Waals surface area (Å²) in [5, 5.41) is 0.661. The standard InChI is InChI=1S/C17H20ClNO3S/c1-12-10-16(22-3)17(11-13(12)2)23(20,21)19-9-8-14-4-6-15(18)7-5-14/h4-7,10-11,19H,8-9H2,1-3H3. The molecule has 0 saturated heterocycles. The van der Waals surface area contributed by atoms with E-state index in [1.807, 2.05) is 26.0 Å². The Hall–Kier alpha value is -1.56. The molecule has 0 radical (unpaired) electrons. The van der Waals surface area contributed by atoms with Gasteiger partial charge in [-0.15, -0.1) is 0 Å². The average Bonchev–Trinajstić information content (AvgIpc) is 2.51. The second kappa shape index (κ2) is 7.34. The van der Waals surface area contributed by atoms with Crippen LogP contribution in [0.3, 0.4) is 0 Å². The maximum atomic E-state index is 12.5. The van der Waals surface area contributed by atoms with Crippen molar-refractivity contribution >= 4 is 21.6 Å². The van der Waals surface area contributed by atoms with E-state index in [-0.39, 0.29) is 4.90 Å². The molecule has 0 amide bonds. The maximum Gasteiger partial charge on any atom is 0.244 e.